The molecule has 0 saturated heterocycles. The molecule has 1 unspecified atom stereocenters. The second kappa shape index (κ2) is 21.3. The van der Waals surface area contributed by atoms with Crippen LogP contribution in [0.5, 0.6) is 0 Å². The fourth-order valence-corrected chi connectivity index (χ4v) is 4.96. The van der Waals surface area contributed by atoms with Gasteiger partial charge in [0.15, 0.2) is 0 Å². The molecule has 0 aromatic carbocycles. The van der Waals surface area contributed by atoms with E-state index in [9.17, 15) is 14.4 Å². The van der Waals surface area contributed by atoms with Crippen molar-refractivity contribution in [2.75, 3.05) is 6.61 Å². The van der Waals surface area contributed by atoms with Crippen LogP contribution in [0.25, 0.3) is 0 Å². The highest BCUT2D eigenvalue weighted by Crippen LogP contribution is 2.36. The van der Waals surface area contributed by atoms with E-state index in [0.717, 1.165) is 25.7 Å². The van der Waals surface area contributed by atoms with Gasteiger partial charge in [-0.25, -0.2) is 0 Å². The molecule has 0 aromatic heterocycles. The Kier molecular flexibility index (Phi) is 20.4. The van der Waals surface area contributed by atoms with Crippen molar-refractivity contribution in [1.82, 2.24) is 5.32 Å². The SMILES string of the molecule is CCCCCCCCCCCCCCCCCC(=O)OCC(OC=O)C(=O)NC(C)(C)C(C)(C)CC(C)C. The standard InChI is InChI=1S/C32H61NO5/c1-8-9-10-11-12-13-14-15-16-17-18-19-20-21-22-23-29(35)37-25-28(38-26-34)30(36)33-32(6,7)31(4,5)24-27(2)3/h26-28H,8-25H2,1-7H3,(H,33,36). The van der Waals surface area contributed by atoms with Crippen LogP contribution in [0.1, 0.15) is 158 Å². The molecule has 1 amide bonds. The van der Waals surface area contributed by atoms with Gasteiger partial charge in [0.25, 0.3) is 12.4 Å². The van der Waals surface area contributed by atoms with Crippen molar-refractivity contribution in [2.45, 2.75) is 169 Å². The number of carbonyl (C=O) groups is 3. The fraction of sp³-hybridized carbons (Fsp3) is 0.906. The van der Waals surface area contributed by atoms with Crippen LogP contribution < -0.4 is 5.32 Å². The van der Waals surface area contributed by atoms with Crippen molar-refractivity contribution in [1.29, 1.82) is 0 Å². The Balaban J connectivity index is 4.03. The van der Waals surface area contributed by atoms with Gasteiger partial charge in [-0.15, -0.1) is 0 Å². The molecule has 1 atom stereocenters. The molecule has 0 heterocycles. The minimum atomic E-state index is -1.15. The first-order chi connectivity index (χ1) is 18.0. The maximum absolute atomic E-state index is 12.8. The molecule has 0 aliphatic heterocycles. The second-order valence-corrected chi connectivity index (χ2v) is 12.7. The van der Waals surface area contributed by atoms with Gasteiger partial charge in [-0.2, -0.15) is 0 Å². The van der Waals surface area contributed by atoms with Gasteiger partial charge in [0.2, 0.25) is 6.10 Å². The lowest BCUT2D eigenvalue weighted by Crippen LogP contribution is -2.57. The number of nitrogens with one attached hydrogen (secondary N) is 1. The molecule has 0 saturated carbocycles. The van der Waals surface area contributed by atoms with Gasteiger partial charge in [0.1, 0.15) is 6.61 Å². The normalized spacial score (nSPS) is 12.8. The van der Waals surface area contributed by atoms with Gasteiger partial charge in [-0.05, 0) is 38.0 Å². The first-order valence-electron chi connectivity index (χ1n) is 15.5. The van der Waals surface area contributed by atoms with Crippen LogP contribution in [0.3, 0.4) is 0 Å². The molecule has 0 aliphatic rings. The third-order valence-corrected chi connectivity index (χ3v) is 7.94. The highest BCUT2D eigenvalue weighted by molar-refractivity contribution is 5.83. The van der Waals surface area contributed by atoms with E-state index in [1.54, 1.807) is 0 Å². The van der Waals surface area contributed by atoms with Gasteiger partial charge in [0.05, 0.1) is 0 Å². The van der Waals surface area contributed by atoms with Crippen molar-refractivity contribution in [3.8, 4) is 0 Å². The largest absolute Gasteiger partial charge is 0.461 e. The fourth-order valence-electron chi connectivity index (χ4n) is 4.96. The molecular weight excluding hydrogens is 478 g/mol. The molecule has 0 aliphatic carbocycles. The summed E-state index contributed by atoms with van der Waals surface area (Å²) in [7, 11) is 0. The Morgan fingerprint density at radius 2 is 1.21 bits per heavy atom. The minimum Gasteiger partial charge on any atom is -0.461 e. The van der Waals surface area contributed by atoms with Gasteiger partial charge < -0.3 is 14.8 Å². The van der Waals surface area contributed by atoms with Crippen LogP contribution >= 0.6 is 0 Å². The Labute approximate surface area is 234 Å². The average Bonchev–Trinajstić information content (AvgIpc) is 2.82. The first-order valence-corrected chi connectivity index (χ1v) is 15.5. The van der Waals surface area contributed by atoms with Crippen molar-refractivity contribution < 1.29 is 23.9 Å². The Morgan fingerprint density at radius 3 is 1.63 bits per heavy atom. The topological polar surface area (TPSA) is 81.7 Å². The van der Waals surface area contributed by atoms with E-state index in [4.69, 9.17) is 9.47 Å². The summed E-state index contributed by atoms with van der Waals surface area (Å²) in [6, 6.07) is 0. The lowest BCUT2D eigenvalue weighted by Gasteiger charge is -2.44. The molecule has 0 fully saturated rings. The number of rotatable bonds is 25. The third kappa shape index (κ3) is 17.8. The number of amides is 1. The molecular formula is C32H61NO5. The lowest BCUT2D eigenvalue weighted by atomic mass is 9.69. The van der Waals surface area contributed by atoms with E-state index in [0.29, 0.717) is 12.3 Å². The molecule has 0 spiro atoms. The number of esters is 1. The molecule has 0 rings (SSSR count). The molecule has 6 nitrogen and oxygen atoms in total. The van der Waals surface area contributed by atoms with Gasteiger partial charge in [0, 0.05) is 12.0 Å². The van der Waals surface area contributed by atoms with Gasteiger partial charge >= 0.3 is 5.97 Å². The maximum Gasteiger partial charge on any atom is 0.305 e. The monoisotopic (exact) mass is 539 g/mol. The van der Waals surface area contributed by atoms with Crippen molar-refractivity contribution >= 4 is 18.3 Å². The molecule has 6 heteroatoms. The minimum absolute atomic E-state index is 0.174. The highest BCUT2D eigenvalue weighted by Gasteiger charge is 2.40. The van der Waals surface area contributed by atoms with Crippen LogP contribution in [0, 0.1) is 11.3 Å². The summed E-state index contributed by atoms with van der Waals surface area (Å²) < 4.78 is 10.2. The summed E-state index contributed by atoms with van der Waals surface area (Å²) in [5, 5.41) is 3.00. The van der Waals surface area contributed by atoms with E-state index in [1.165, 1.54) is 77.0 Å². The summed E-state index contributed by atoms with van der Waals surface area (Å²) in [5.41, 5.74) is -0.705. The van der Waals surface area contributed by atoms with E-state index >= 15 is 0 Å². The number of ether oxygens (including phenoxy) is 2. The number of unbranched alkanes of at least 4 members (excludes halogenated alkanes) is 14. The first kappa shape index (κ1) is 36.4. The van der Waals surface area contributed by atoms with Crippen molar-refractivity contribution in [3.05, 3.63) is 0 Å². The number of hydrogen-bond donors (Lipinski definition) is 1. The summed E-state index contributed by atoms with van der Waals surface area (Å²) in [4.78, 5) is 35.9. The Morgan fingerprint density at radius 1 is 0.763 bits per heavy atom. The molecule has 0 aromatic rings. The molecule has 38 heavy (non-hydrogen) atoms. The Bertz CT molecular complexity index is 629. The van der Waals surface area contributed by atoms with E-state index in [2.05, 4.69) is 39.9 Å². The number of carbonyl (C=O) groups excluding carboxylic acids is 3. The predicted molar refractivity (Wildman–Crippen MR) is 157 cm³/mol. The smallest absolute Gasteiger partial charge is 0.305 e. The zero-order chi connectivity index (χ0) is 28.9. The molecule has 0 radical (unpaired) electrons. The molecule has 0 bridgehead atoms. The van der Waals surface area contributed by atoms with E-state index < -0.39 is 17.6 Å². The number of hydrogen-bond acceptors (Lipinski definition) is 5. The summed E-state index contributed by atoms with van der Waals surface area (Å²) in [6.45, 7) is 14.7. The van der Waals surface area contributed by atoms with Crippen LogP contribution in [-0.4, -0.2) is 36.6 Å². The van der Waals surface area contributed by atoms with Crippen molar-refractivity contribution in [3.63, 3.8) is 0 Å². The van der Waals surface area contributed by atoms with Gasteiger partial charge in [-0.1, -0.05) is 125 Å². The van der Waals surface area contributed by atoms with Crippen LogP contribution in [0.4, 0.5) is 0 Å². The second-order valence-electron chi connectivity index (χ2n) is 12.7. The predicted octanol–water partition coefficient (Wildman–Crippen LogP) is 8.30. The molecule has 1 N–H and O–H groups in total. The summed E-state index contributed by atoms with van der Waals surface area (Å²) in [6.07, 6.45) is 19.2. The van der Waals surface area contributed by atoms with Crippen molar-refractivity contribution in [2.24, 2.45) is 11.3 Å². The zero-order valence-electron chi connectivity index (χ0n) is 26.0. The van der Waals surface area contributed by atoms with E-state index in [1.807, 2.05) is 13.8 Å². The van der Waals surface area contributed by atoms with E-state index in [-0.39, 0.29) is 24.5 Å². The quantitative estimate of drug-likeness (QED) is 0.0717. The van der Waals surface area contributed by atoms with Crippen LogP contribution in [0.2, 0.25) is 0 Å². The van der Waals surface area contributed by atoms with Crippen LogP contribution in [-0.2, 0) is 23.9 Å². The lowest BCUT2D eigenvalue weighted by molar-refractivity contribution is -0.158. The van der Waals surface area contributed by atoms with Gasteiger partial charge in [-0.3, -0.25) is 14.4 Å². The highest BCUT2D eigenvalue weighted by atomic mass is 16.6. The van der Waals surface area contributed by atoms with Crippen LogP contribution in [0.15, 0.2) is 0 Å². The Hall–Kier alpha value is -1.59. The zero-order valence-corrected chi connectivity index (χ0v) is 26.0. The maximum atomic E-state index is 12.8. The molecule has 224 valence electrons. The summed E-state index contributed by atoms with van der Waals surface area (Å²) in [5.74, 6) is -0.325. The average molecular weight is 540 g/mol. The third-order valence-electron chi connectivity index (χ3n) is 7.94. The summed E-state index contributed by atoms with van der Waals surface area (Å²) >= 11 is 0.